The summed E-state index contributed by atoms with van der Waals surface area (Å²) in [5.41, 5.74) is 6.19. The Morgan fingerprint density at radius 2 is 1.93 bits per heavy atom. The Labute approximate surface area is 169 Å². The van der Waals surface area contributed by atoms with E-state index in [2.05, 4.69) is 0 Å². The Morgan fingerprint density at radius 3 is 2.59 bits per heavy atom. The third-order valence-corrected chi connectivity index (χ3v) is 4.81. The highest BCUT2D eigenvalue weighted by atomic mass is 32.2. The van der Waals surface area contributed by atoms with Crippen LogP contribution >= 0.6 is 11.8 Å². The Hall–Kier alpha value is -3.66. The minimum absolute atomic E-state index is 0.0156. The third-order valence-electron chi connectivity index (χ3n) is 3.90. The summed E-state index contributed by atoms with van der Waals surface area (Å²) in [6, 6.07) is 12.3. The van der Waals surface area contributed by atoms with E-state index in [1.54, 1.807) is 30.3 Å². The van der Waals surface area contributed by atoms with Gasteiger partial charge in [-0.2, -0.15) is 0 Å². The Balaban J connectivity index is 1.73. The smallest absolute Gasteiger partial charge is 0.293 e. The normalized spacial score (nSPS) is 15.0. The number of imide groups is 1. The monoisotopic (exact) mass is 413 g/mol. The van der Waals surface area contributed by atoms with Gasteiger partial charge >= 0.3 is 0 Å². The van der Waals surface area contributed by atoms with Crippen LogP contribution in [0.15, 0.2) is 53.4 Å². The van der Waals surface area contributed by atoms with Gasteiger partial charge < -0.3 is 10.5 Å². The summed E-state index contributed by atoms with van der Waals surface area (Å²) in [4.78, 5) is 47.2. The number of nitro benzene ring substituents is 1. The molecule has 0 aliphatic carbocycles. The molecule has 0 bridgehead atoms. The molecule has 148 valence electrons. The van der Waals surface area contributed by atoms with E-state index in [9.17, 15) is 24.5 Å². The lowest BCUT2D eigenvalue weighted by atomic mass is 10.2. The van der Waals surface area contributed by atoms with Crippen molar-refractivity contribution in [1.29, 1.82) is 0 Å². The summed E-state index contributed by atoms with van der Waals surface area (Å²) in [6.45, 7) is -0.253. The van der Waals surface area contributed by atoms with Crippen molar-refractivity contribution >= 4 is 40.6 Å². The molecule has 2 aromatic rings. The van der Waals surface area contributed by atoms with Crippen LogP contribution in [-0.2, 0) is 16.1 Å². The molecule has 0 radical (unpaired) electrons. The van der Waals surface area contributed by atoms with Gasteiger partial charge in [0.25, 0.3) is 22.7 Å². The number of hydrogen-bond acceptors (Lipinski definition) is 7. The van der Waals surface area contributed by atoms with Gasteiger partial charge in [0, 0.05) is 12.1 Å². The van der Waals surface area contributed by atoms with Crippen LogP contribution in [0.1, 0.15) is 11.1 Å². The molecule has 1 fully saturated rings. The van der Waals surface area contributed by atoms with Gasteiger partial charge in [-0.15, -0.1) is 0 Å². The van der Waals surface area contributed by atoms with Crippen LogP contribution in [0, 0.1) is 10.1 Å². The molecule has 1 saturated heterocycles. The number of non-ortho nitro benzene ring substituents is 1. The first kappa shape index (κ1) is 20.1. The van der Waals surface area contributed by atoms with E-state index in [0.717, 1.165) is 16.7 Å². The fraction of sp³-hybridized carbons (Fsp3) is 0.105. The van der Waals surface area contributed by atoms with Gasteiger partial charge in [-0.25, -0.2) is 0 Å². The first-order chi connectivity index (χ1) is 13.8. The number of ether oxygens (including phenoxy) is 1. The van der Waals surface area contributed by atoms with Crippen molar-refractivity contribution in [2.24, 2.45) is 5.73 Å². The molecule has 9 nitrogen and oxygen atoms in total. The Morgan fingerprint density at radius 1 is 1.21 bits per heavy atom. The molecule has 1 aliphatic heterocycles. The predicted octanol–water partition coefficient (Wildman–Crippen LogP) is 2.70. The highest BCUT2D eigenvalue weighted by Gasteiger charge is 2.35. The van der Waals surface area contributed by atoms with Gasteiger partial charge in [0.05, 0.1) is 16.4 Å². The van der Waals surface area contributed by atoms with E-state index in [1.807, 2.05) is 0 Å². The Kier molecular flexibility index (Phi) is 5.93. The quantitative estimate of drug-likeness (QED) is 0.419. The number of nitrogens with two attached hydrogens (primary N) is 1. The lowest BCUT2D eigenvalue weighted by Crippen LogP contribution is -2.27. The average molecular weight is 413 g/mol. The first-order valence-electron chi connectivity index (χ1n) is 8.33. The number of amides is 3. The van der Waals surface area contributed by atoms with Crippen molar-refractivity contribution in [3.05, 3.63) is 74.7 Å². The molecule has 0 saturated carbocycles. The number of nitrogens with zero attached hydrogens (tertiary/aromatic N) is 2. The number of nitro groups is 1. The second-order valence-corrected chi connectivity index (χ2v) is 7.01. The number of hydrogen-bond donors (Lipinski definition) is 1. The fourth-order valence-electron chi connectivity index (χ4n) is 2.54. The fourth-order valence-corrected chi connectivity index (χ4v) is 3.38. The highest BCUT2D eigenvalue weighted by Crippen LogP contribution is 2.33. The molecule has 0 aromatic heterocycles. The van der Waals surface area contributed by atoms with Gasteiger partial charge in [0.1, 0.15) is 5.75 Å². The first-order valence-corrected chi connectivity index (χ1v) is 9.15. The standard InChI is InChI=1S/C19H15N3O6S/c20-17(23)11-28-15-3-1-2-13(8-15)9-16-18(24)21(19(25)29-16)10-12-4-6-14(7-5-12)22(26)27/h1-9H,10-11H2,(H2,20,23)/b16-9-. The van der Waals surface area contributed by atoms with Crippen molar-refractivity contribution in [3.63, 3.8) is 0 Å². The SMILES string of the molecule is NC(=O)COc1cccc(/C=C2\SC(=O)N(Cc3ccc([N+](=O)[O-])cc3)C2=O)c1. The lowest BCUT2D eigenvalue weighted by molar-refractivity contribution is -0.384. The molecule has 2 aromatic carbocycles. The molecule has 0 atom stereocenters. The molecule has 0 unspecified atom stereocenters. The second kappa shape index (κ2) is 8.57. The van der Waals surface area contributed by atoms with Crippen LogP contribution in [0.3, 0.4) is 0 Å². The summed E-state index contributed by atoms with van der Waals surface area (Å²) in [7, 11) is 0. The summed E-state index contributed by atoms with van der Waals surface area (Å²) in [6.07, 6.45) is 1.55. The van der Waals surface area contributed by atoms with E-state index in [4.69, 9.17) is 10.5 Å². The zero-order valence-corrected chi connectivity index (χ0v) is 15.8. The van der Waals surface area contributed by atoms with E-state index in [0.29, 0.717) is 16.9 Å². The predicted molar refractivity (Wildman–Crippen MR) is 106 cm³/mol. The van der Waals surface area contributed by atoms with Crippen molar-refractivity contribution in [2.45, 2.75) is 6.54 Å². The largest absolute Gasteiger partial charge is 0.484 e. The molecule has 2 N–H and O–H groups in total. The third kappa shape index (κ3) is 4.99. The maximum Gasteiger partial charge on any atom is 0.293 e. The highest BCUT2D eigenvalue weighted by molar-refractivity contribution is 8.18. The maximum atomic E-state index is 12.6. The number of carbonyl (C=O) groups excluding carboxylic acids is 3. The zero-order chi connectivity index (χ0) is 21.0. The van der Waals surface area contributed by atoms with Crippen molar-refractivity contribution < 1.29 is 24.0 Å². The number of thioether (sulfide) groups is 1. The van der Waals surface area contributed by atoms with E-state index in [1.165, 1.54) is 24.3 Å². The van der Waals surface area contributed by atoms with Crippen molar-refractivity contribution in [3.8, 4) is 5.75 Å². The number of primary amides is 1. The lowest BCUT2D eigenvalue weighted by Gasteiger charge is -2.12. The van der Waals surface area contributed by atoms with Gasteiger partial charge in [-0.3, -0.25) is 29.4 Å². The van der Waals surface area contributed by atoms with E-state index < -0.39 is 22.0 Å². The average Bonchev–Trinajstić information content (AvgIpc) is 2.94. The maximum absolute atomic E-state index is 12.6. The minimum Gasteiger partial charge on any atom is -0.484 e. The Bertz CT molecular complexity index is 1020. The number of carbonyl (C=O) groups is 3. The van der Waals surface area contributed by atoms with Crippen LogP contribution in [-0.4, -0.2) is 33.5 Å². The van der Waals surface area contributed by atoms with Gasteiger partial charge in [-0.1, -0.05) is 24.3 Å². The number of rotatable bonds is 7. The number of benzene rings is 2. The van der Waals surface area contributed by atoms with Crippen LogP contribution in [0.2, 0.25) is 0 Å². The van der Waals surface area contributed by atoms with Gasteiger partial charge in [0.2, 0.25) is 0 Å². The van der Waals surface area contributed by atoms with Crippen LogP contribution in [0.4, 0.5) is 10.5 Å². The minimum atomic E-state index is -0.609. The summed E-state index contributed by atoms with van der Waals surface area (Å²) >= 11 is 0.803. The summed E-state index contributed by atoms with van der Waals surface area (Å²) in [5.74, 6) is -0.660. The van der Waals surface area contributed by atoms with Gasteiger partial charge in [0.15, 0.2) is 6.61 Å². The zero-order valence-electron chi connectivity index (χ0n) is 14.9. The van der Waals surface area contributed by atoms with Crippen molar-refractivity contribution in [2.75, 3.05) is 6.61 Å². The molecule has 10 heteroatoms. The molecular formula is C19H15N3O6S. The molecule has 29 heavy (non-hydrogen) atoms. The molecule has 1 aliphatic rings. The van der Waals surface area contributed by atoms with E-state index >= 15 is 0 Å². The topological polar surface area (TPSA) is 133 Å². The second-order valence-electron chi connectivity index (χ2n) is 6.02. The summed E-state index contributed by atoms with van der Waals surface area (Å²) < 4.78 is 5.23. The summed E-state index contributed by atoms with van der Waals surface area (Å²) in [5, 5.41) is 10.3. The molecule has 3 amide bonds. The molecule has 3 rings (SSSR count). The van der Waals surface area contributed by atoms with Crippen LogP contribution < -0.4 is 10.5 Å². The molecule has 1 heterocycles. The molecular weight excluding hydrogens is 398 g/mol. The van der Waals surface area contributed by atoms with Crippen LogP contribution in [0.25, 0.3) is 6.08 Å². The van der Waals surface area contributed by atoms with E-state index in [-0.39, 0.29) is 23.7 Å². The van der Waals surface area contributed by atoms with Crippen molar-refractivity contribution in [1.82, 2.24) is 4.90 Å². The van der Waals surface area contributed by atoms with Crippen LogP contribution in [0.5, 0.6) is 5.75 Å². The van der Waals surface area contributed by atoms with Gasteiger partial charge in [-0.05, 0) is 41.1 Å². The molecule has 0 spiro atoms.